The second-order valence-corrected chi connectivity index (χ2v) is 6.01. The molecule has 2 heterocycles. The predicted octanol–water partition coefficient (Wildman–Crippen LogP) is 4.43. The summed E-state index contributed by atoms with van der Waals surface area (Å²) in [4.78, 5) is 8.59. The Morgan fingerprint density at radius 2 is 1.46 bits per heavy atom. The van der Waals surface area contributed by atoms with Gasteiger partial charge in [-0.25, -0.2) is 9.97 Å². The van der Waals surface area contributed by atoms with E-state index in [1.54, 1.807) is 12.1 Å². The highest BCUT2D eigenvalue weighted by Crippen LogP contribution is 2.36. The minimum Gasteiger partial charge on any atom is -0.454 e. The summed E-state index contributed by atoms with van der Waals surface area (Å²) in [6.07, 6.45) is 0. The SMILES string of the molecule is Nc1nc(-c2ccc(Cl)c(Cl)c2)cc(-c2ccc3c(c2)OCO3)n1. The fourth-order valence-electron chi connectivity index (χ4n) is 2.47. The lowest BCUT2D eigenvalue weighted by Crippen LogP contribution is -1.98. The smallest absolute Gasteiger partial charge is 0.231 e. The molecule has 3 aromatic rings. The molecule has 0 amide bonds. The monoisotopic (exact) mass is 359 g/mol. The number of benzene rings is 2. The van der Waals surface area contributed by atoms with Gasteiger partial charge < -0.3 is 15.2 Å². The average molecular weight is 360 g/mol. The molecule has 5 nitrogen and oxygen atoms in total. The van der Waals surface area contributed by atoms with Crippen LogP contribution in [0.4, 0.5) is 5.95 Å². The Labute approximate surface area is 148 Å². The maximum absolute atomic E-state index is 6.09. The van der Waals surface area contributed by atoms with Crippen LogP contribution in [0.25, 0.3) is 22.5 Å². The third-order valence-electron chi connectivity index (χ3n) is 3.63. The second-order valence-electron chi connectivity index (χ2n) is 5.19. The van der Waals surface area contributed by atoms with Crippen molar-refractivity contribution < 1.29 is 9.47 Å². The van der Waals surface area contributed by atoms with Gasteiger partial charge in [0.25, 0.3) is 0 Å². The largest absolute Gasteiger partial charge is 0.454 e. The lowest BCUT2D eigenvalue weighted by molar-refractivity contribution is 0.174. The number of rotatable bonds is 2. The van der Waals surface area contributed by atoms with E-state index in [1.165, 1.54) is 0 Å². The summed E-state index contributed by atoms with van der Waals surface area (Å²) in [6.45, 7) is 0.221. The molecule has 2 aromatic carbocycles. The molecule has 24 heavy (non-hydrogen) atoms. The van der Waals surface area contributed by atoms with E-state index in [2.05, 4.69) is 9.97 Å². The topological polar surface area (TPSA) is 70.3 Å². The van der Waals surface area contributed by atoms with Gasteiger partial charge in [-0.05, 0) is 36.4 Å². The minimum atomic E-state index is 0.172. The van der Waals surface area contributed by atoms with Crippen molar-refractivity contribution in [3.63, 3.8) is 0 Å². The highest BCUT2D eigenvalue weighted by atomic mass is 35.5. The molecule has 0 saturated carbocycles. The summed E-state index contributed by atoms with van der Waals surface area (Å²) in [5.41, 5.74) is 8.88. The van der Waals surface area contributed by atoms with Crippen LogP contribution in [0.1, 0.15) is 0 Å². The van der Waals surface area contributed by atoms with E-state index in [9.17, 15) is 0 Å². The van der Waals surface area contributed by atoms with Crippen LogP contribution in [-0.2, 0) is 0 Å². The van der Waals surface area contributed by atoms with Crippen molar-refractivity contribution in [3.8, 4) is 34.0 Å². The van der Waals surface area contributed by atoms with Crippen LogP contribution in [-0.4, -0.2) is 16.8 Å². The molecule has 0 spiro atoms. The molecular formula is C17H11Cl2N3O2. The number of nitrogens with zero attached hydrogens (tertiary/aromatic N) is 2. The van der Waals surface area contributed by atoms with E-state index in [0.29, 0.717) is 32.9 Å². The van der Waals surface area contributed by atoms with Crippen molar-refractivity contribution in [2.75, 3.05) is 12.5 Å². The van der Waals surface area contributed by atoms with Gasteiger partial charge in [0.05, 0.1) is 21.4 Å². The second kappa shape index (κ2) is 5.85. The first-order chi connectivity index (χ1) is 11.6. The number of hydrogen-bond acceptors (Lipinski definition) is 5. The highest BCUT2D eigenvalue weighted by Gasteiger charge is 2.15. The molecule has 120 valence electrons. The third-order valence-corrected chi connectivity index (χ3v) is 4.37. The number of hydrogen-bond donors (Lipinski definition) is 1. The fourth-order valence-corrected chi connectivity index (χ4v) is 2.77. The fraction of sp³-hybridized carbons (Fsp3) is 0.0588. The van der Waals surface area contributed by atoms with Gasteiger partial charge in [0.1, 0.15) is 0 Å². The van der Waals surface area contributed by atoms with E-state index in [-0.39, 0.29) is 12.7 Å². The number of fused-ring (bicyclic) bond motifs is 1. The molecule has 0 unspecified atom stereocenters. The van der Waals surface area contributed by atoms with Gasteiger partial charge in [-0.1, -0.05) is 29.3 Å². The van der Waals surface area contributed by atoms with Gasteiger partial charge in [-0.3, -0.25) is 0 Å². The molecule has 0 radical (unpaired) electrons. The Balaban J connectivity index is 1.80. The molecule has 1 aliphatic rings. The van der Waals surface area contributed by atoms with Gasteiger partial charge in [-0.2, -0.15) is 0 Å². The first-order valence-corrected chi connectivity index (χ1v) is 7.86. The minimum absolute atomic E-state index is 0.172. The molecular weight excluding hydrogens is 349 g/mol. The van der Waals surface area contributed by atoms with Crippen LogP contribution < -0.4 is 15.2 Å². The van der Waals surface area contributed by atoms with Crippen LogP contribution in [0, 0.1) is 0 Å². The number of aromatic nitrogens is 2. The molecule has 0 bridgehead atoms. The molecule has 0 aliphatic carbocycles. The number of halogens is 2. The zero-order chi connectivity index (χ0) is 16.7. The Morgan fingerprint density at radius 1 is 0.792 bits per heavy atom. The van der Waals surface area contributed by atoms with Crippen LogP contribution in [0.15, 0.2) is 42.5 Å². The lowest BCUT2D eigenvalue weighted by atomic mass is 10.1. The summed E-state index contributed by atoms with van der Waals surface area (Å²) >= 11 is 12.1. The molecule has 1 aliphatic heterocycles. The first kappa shape index (κ1) is 15.1. The summed E-state index contributed by atoms with van der Waals surface area (Å²) < 4.78 is 10.7. The molecule has 0 atom stereocenters. The van der Waals surface area contributed by atoms with Gasteiger partial charge >= 0.3 is 0 Å². The van der Waals surface area contributed by atoms with Gasteiger partial charge in [0, 0.05) is 11.1 Å². The van der Waals surface area contributed by atoms with Crippen molar-refractivity contribution in [1.82, 2.24) is 9.97 Å². The number of anilines is 1. The van der Waals surface area contributed by atoms with Gasteiger partial charge in [-0.15, -0.1) is 0 Å². The van der Waals surface area contributed by atoms with Crippen LogP contribution in [0.2, 0.25) is 10.0 Å². The summed E-state index contributed by atoms with van der Waals surface area (Å²) in [5.74, 6) is 1.57. The van der Waals surface area contributed by atoms with Crippen LogP contribution >= 0.6 is 23.2 Å². The van der Waals surface area contributed by atoms with E-state index < -0.39 is 0 Å². The van der Waals surface area contributed by atoms with Crippen molar-refractivity contribution >= 4 is 29.2 Å². The summed E-state index contributed by atoms with van der Waals surface area (Å²) in [5, 5.41) is 0.939. The predicted molar refractivity (Wildman–Crippen MR) is 93.5 cm³/mol. The average Bonchev–Trinajstić information content (AvgIpc) is 3.04. The molecule has 1 aromatic heterocycles. The first-order valence-electron chi connectivity index (χ1n) is 7.10. The molecule has 0 fully saturated rings. The Hall–Kier alpha value is -2.50. The Kier molecular flexibility index (Phi) is 3.67. The zero-order valence-corrected chi connectivity index (χ0v) is 13.8. The zero-order valence-electron chi connectivity index (χ0n) is 12.3. The van der Waals surface area contributed by atoms with Gasteiger partial charge in [0.15, 0.2) is 11.5 Å². The highest BCUT2D eigenvalue weighted by molar-refractivity contribution is 6.42. The van der Waals surface area contributed by atoms with Crippen molar-refractivity contribution in [2.45, 2.75) is 0 Å². The van der Waals surface area contributed by atoms with Crippen LogP contribution in [0.3, 0.4) is 0 Å². The maximum Gasteiger partial charge on any atom is 0.231 e. The van der Waals surface area contributed by atoms with Crippen molar-refractivity contribution in [1.29, 1.82) is 0 Å². The summed E-state index contributed by atoms with van der Waals surface area (Å²) in [7, 11) is 0. The van der Waals surface area contributed by atoms with E-state index in [0.717, 1.165) is 11.1 Å². The van der Waals surface area contributed by atoms with Crippen molar-refractivity contribution in [2.24, 2.45) is 0 Å². The molecule has 7 heteroatoms. The number of nitrogens with two attached hydrogens (primary N) is 1. The standard InChI is InChI=1S/C17H11Cl2N3O2/c18-11-3-1-9(5-12(11)19)13-7-14(22-17(20)21-13)10-2-4-15-16(6-10)24-8-23-15/h1-7H,8H2,(H2,20,21,22). The van der Waals surface area contributed by atoms with E-state index >= 15 is 0 Å². The van der Waals surface area contributed by atoms with Gasteiger partial charge in [0.2, 0.25) is 12.7 Å². The third kappa shape index (κ3) is 2.72. The Bertz CT molecular complexity index is 947. The summed E-state index contributed by atoms with van der Waals surface area (Å²) in [6, 6.07) is 12.7. The lowest BCUT2D eigenvalue weighted by Gasteiger charge is -2.08. The molecule has 0 saturated heterocycles. The number of ether oxygens (including phenoxy) is 2. The Morgan fingerprint density at radius 3 is 2.21 bits per heavy atom. The van der Waals surface area contributed by atoms with E-state index in [1.807, 2.05) is 30.3 Å². The normalized spacial score (nSPS) is 12.4. The quantitative estimate of drug-likeness (QED) is 0.732. The van der Waals surface area contributed by atoms with Crippen LogP contribution in [0.5, 0.6) is 11.5 Å². The maximum atomic E-state index is 6.09. The van der Waals surface area contributed by atoms with Crippen molar-refractivity contribution in [3.05, 3.63) is 52.5 Å². The van der Waals surface area contributed by atoms with E-state index in [4.69, 9.17) is 38.4 Å². The molecule has 4 rings (SSSR count). The number of nitrogen functional groups attached to an aromatic ring is 1. The molecule has 2 N–H and O–H groups in total.